The van der Waals surface area contributed by atoms with Crippen LogP contribution < -0.4 is 0 Å². The molecule has 2 saturated carbocycles. The fraction of sp³-hybridized carbons (Fsp3) is 0.923. The van der Waals surface area contributed by atoms with Crippen LogP contribution in [0.25, 0.3) is 0 Å². The van der Waals surface area contributed by atoms with Crippen LogP contribution in [0.4, 0.5) is 0 Å². The molecule has 1 spiro atoms. The topological polar surface area (TPSA) is 35.5 Å². The van der Waals surface area contributed by atoms with Gasteiger partial charge in [-0.1, -0.05) is 12.8 Å². The van der Waals surface area contributed by atoms with E-state index in [1.807, 2.05) is 13.8 Å². The average molecular weight is 226 g/mol. The molecule has 2 atom stereocenters. The van der Waals surface area contributed by atoms with Gasteiger partial charge >= 0.3 is 0 Å². The Labute approximate surface area is 97.5 Å². The van der Waals surface area contributed by atoms with E-state index in [0.717, 1.165) is 19.4 Å². The lowest BCUT2D eigenvalue weighted by Gasteiger charge is -2.45. The molecule has 2 aliphatic carbocycles. The standard InChI is InChI=1S/C13H22O3/c1-3-15-9-10(2)16-12-8-11(14)13(12)6-4-5-7-13/h10,12H,3-9H2,1-2H3. The van der Waals surface area contributed by atoms with Crippen molar-refractivity contribution in [3.63, 3.8) is 0 Å². The van der Waals surface area contributed by atoms with Crippen molar-refractivity contribution >= 4 is 5.78 Å². The third kappa shape index (κ3) is 2.03. The highest BCUT2D eigenvalue weighted by Crippen LogP contribution is 2.52. The van der Waals surface area contributed by atoms with Gasteiger partial charge in [0.2, 0.25) is 0 Å². The van der Waals surface area contributed by atoms with E-state index < -0.39 is 0 Å². The van der Waals surface area contributed by atoms with E-state index in [1.54, 1.807) is 0 Å². The Morgan fingerprint density at radius 1 is 1.44 bits per heavy atom. The molecule has 2 fully saturated rings. The summed E-state index contributed by atoms with van der Waals surface area (Å²) in [5.74, 6) is 0.429. The number of ketones is 1. The van der Waals surface area contributed by atoms with Crippen molar-refractivity contribution in [2.75, 3.05) is 13.2 Å². The van der Waals surface area contributed by atoms with Crippen molar-refractivity contribution in [3.05, 3.63) is 0 Å². The molecule has 2 rings (SSSR count). The maximum Gasteiger partial charge on any atom is 0.144 e. The van der Waals surface area contributed by atoms with Crippen LogP contribution in [0, 0.1) is 5.41 Å². The van der Waals surface area contributed by atoms with Crippen molar-refractivity contribution in [1.82, 2.24) is 0 Å². The van der Waals surface area contributed by atoms with Crippen LogP contribution in [0.15, 0.2) is 0 Å². The summed E-state index contributed by atoms with van der Waals surface area (Å²) in [6, 6.07) is 0. The van der Waals surface area contributed by atoms with E-state index >= 15 is 0 Å². The van der Waals surface area contributed by atoms with E-state index in [0.29, 0.717) is 18.8 Å². The summed E-state index contributed by atoms with van der Waals surface area (Å²) in [6.07, 6.45) is 5.34. The molecule has 0 aromatic carbocycles. The maximum absolute atomic E-state index is 11.7. The zero-order chi connectivity index (χ0) is 11.6. The molecule has 0 radical (unpaired) electrons. The molecule has 0 aromatic rings. The van der Waals surface area contributed by atoms with Gasteiger partial charge in [0.25, 0.3) is 0 Å². The van der Waals surface area contributed by atoms with Crippen molar-refractivity contribution in [1.29, 1.82) is 0 Å². The van der Waals surface area contributed by atoms with E-state index in [-0.39, 0.29) is 17.6 Å². The quantitative estimate of drug-likeness (QED) is 0.721. The van der Waals surface area contributed by atoms with Gasteiger partial charge in [0.05, 0.1) is 24.2 Å². The summed E-state index contributed by atoms with van der Waals surface area (Å²) >= 11 is 0. The van der Waals surface area contributed by atoms with Crippen molar-refractivity contribution in [2.45, 2.75) is 58.2 Å². The predicted molar refractivity (Wildman–Crippen MR) is 61.4 cm³/mol. The molecule has 92 valence electrons. The second kappa shape index (κ2) is 4.84. The first-order valence-electron chi connectivity index (χ1n) is 6.45. The average Bonchev–Trinajstić information content (AvgIpc) is 2.78. The van der Waals surface area contributed by atoms with Gasteiger partial charge < -0.3 is 9.47 Å². The lowest BCUT2D eigenvalue weighted by atomic mass is 9.63. The summed E-state index contributed by atoms with van der Waals surface area (Å²) < 4.78 is 11.3. The third-order valence-corrected chi connectivity index (χ3v) is 3.99. The fourth-order valence-electron chi connectivity index (χ4n) is 3.00. The van der Waals surface area contributed by atoms with Gasteiger partial charge in [-0.3, -0.25) is 4.79 Å². The van der Waals surface area contributed by atoms with E-state index in [2.05, 4.69) is 0 Å². The summed E-state index contributed by atoms with van der Waals surface area (Å²) in [5.41, 5.74) is -0.0968. The molecule has 2 unspecified atom stereocenters. The largest absolute Gasteiger partial charge is 0.379 e. The van der Waals surface area contributed by atoms with Gasteiger partial charge in [0, 0.05) is 13.0 Å². The second-order valence-corrected chi connectivity index (χ2v) is 5.09. The first-order valence-corrected chi connectivity index (χ1v) is 6.45. The van der Waals surface area contributed by atoms with Crippen LogP contribution in [-0.4, -0.2) is 31.2 Å². The molecule has 0 bridgehead atoms. The summed E-state index contributed by atoms with van der Waals surface area (Å²) in [5, 5.41) is 0. The van der Waals surface area contributed by atoms with Crippen molar-refractivity contribution in [2.24, 2.45) is 5.41 Å². The Kier molecular flexibility index (Phi) is 3.65. The molecule has 3 heteroatoms. The molecule has 0 heterocycles. The smallest absolute Gasteiger partial charge is 0.144 e. The normalized spacial score (nSPS) is 29.4. The molecule has 3 nitrogen and oxygen atoms in total. The van der Waals surface area contributed by atoms with Gasteiger partial charge in [0.1, 0.15) is 5.78 Å². The Balaban J connectivity index is 1.84. The Hall–Kier alpha value is -0.410. The Morgan fingerprint density at radius 3 is 2.69 bits per heavy atom. The molecule has 0 N–H and O–H groups in total. The highest BCUT2D eigenvalue weighted by molar-refractivity contribution is 5.92. The molecule has 0 amide bonds. The SMILES string of the molecule is CCOCC(C)OC1CC(=O)C12CCCC2. The van der Waals surface area contributed by atoms with Gasteiger partial charge in [-0.25, -0.2) is 0 Å². The minimum Gasteiger partial charge on any atom is -0.379 e. The summed E-state index contributed by atoms with van der Waals surface area (Å²) in [4.78, 5) is 11.7. The number of Topliss-reactive ketones (excluding diaryl/α,β-unsaturated/α-hetero) is 1. The maximum atomic E-state index is 11.7. The Bertz CT molecular complexity index is 256. The minimum atomic E-state index is -0.0968. The molecular formula is C13H22O3. The first kappa shape index (κ1) is 12.1. The first-order chi connectivity index (χ1) is 7.69. The molecule has 0 saturated heterocycles. The van der Waals surface area contributed by atoms with Crippen LogP contribution in [0.1, 0.15) is 46.0 Å². The monoisotopic (exact) mass is 226 g/mol. The number of hydrogen-bond donors (Lipinski definition) is 0. The number of carbonyl (C=O) groups excluding carboxylic acids is 1. The third-order valence-electron chi connectivity index (χ3n) is 3.99. The molecule has 2 aliphatic rings. The van der Waals surface area contributed by atoms with Crippen molar-refractivity contribution in [3.8, 4) is 0 Å². The van der Waals surface area contributed by atoms with E-state index in [9.17, 15) is 4.79 Å². The van der Waals surface area contributed by atoms with E-state index in [1.165, 1.54) is 12.8 Å². The van der Waals surface area contributed by atoms with Gasteiger partial charge in [-0.2, -0.15) is 0 Å². The zero-order valence-corrected chi connectivity index (χ0v) is 10.3. The number of ether oxygens (including phenoxy) is 2. The lowest BCUT2D eigenvalue weighted by Crippen LogP contribution is -2.54. The predicted octanol–water partition coefficient (Wildman–Crippen LogP) is 2.33. The number of hydrogen-bond acceptors (Lipinski definition) is 3. The van der Waals surface area contributed by atoms with Crippen molar-refractivity contribution < 1.29 is 14.3 Å². The van der Waals surface area contributed by atoms with Gasteiger partial charge in [0.15, 0.2) is 0 Å². The Morgan fingerprint density at radius 2 is 2.12 bits per heavy atom. The van der Waals surface area contributed by atoms with Crippen LogP contribution in [0.2, 0.25) is 0 Å². The highest BCUT2D eigenvalue weighted by atomic mass is 16.5. The second-order valence-electron chi connectivity index (χ2n) is 5.09. The molecule has 0 aliphatic heterocycles. The van der Waals surface area contributed by atoms with Crippen LogP contribution >= 0.6 is 0 Å². The molecule has 0 aromatic heterocycles. The van der Waals surface area contributed by atoms with Crippen LogP contribution in [0.5, 0.6) is 0 Å². The van der Waals surface area contributed by atoms with Crippen LogP contribution in [0.3, 0.4) is 0 Å². The highest BCUT2D eigenvalue weighted by Gasteiger charge is 2.56. The zero-order valence-electron chi connectivity index (χ0n) is 10.3. The van der Waals surface area contributed by atoms with Crippen LogP contribution in [-0.2, 0) is 14.3 Å². The summed E-state index contributed by atoms with van der Waals surface area (Å²) in [6.45, 7) is 5.37. The van der Waals surface area contributed by atoms with Gasteiger partial charge in [-0.05, 0) is 26.7 Å². The number of rotatable bonds is 5. The number of carbonyl (C=O) groups is 1. The molecule has 16 heavy (non-hydrogen) atoms. The lowest BCUT2D eigenvalue weighted by molar-refractivity contribution is -0.173. The minimum absolute atomic E-state index is 0.0968. The molecular weight excluding hydrogens is 204 g/mol. The summed E-state index contributed by atoms with van der Waals surface area (Å²) in [7, 11) is 0. The van der Waals surface area contributed by atoms with Gasteiger partial charge in [-0.15, -0.1) is 0 Å². The van der Waals surface area contributed by atoms with E-state index in [4.69, 9.17) is 9.47 Å². The fourth-order valence-corrected chi connectivity index (χ4v) is 3.00.